The largest absolute Gasteiger partial charge is 0.345 e. The van der Waals surface area contributed by atoms with E-state index in [4.69, 9.17) is 0 Å². The first-order chi connectivity index (χ1) is 10.4. The van der Waals surface area contributed by atoms with Crippen LogP contribution in [0.1, 0.15) is 35.3 Å². The third-order valence-electron chi connectivity index (χ3n) is 3.22. The van der Waals surface area contributed by atoms with E-state index in [2.05, 4.69) is 15.3 Å². The first kappa shape index (κ1) is 16.1. The van der Waals surface area contributed by atoms with Crippen LogP contribution in [-0.2, 0) is 9.84 Å². The number of carbonyl (C=O) groups is 1. The van der Waals surface area contributed by atoms with Gasteiger partial charge in [-0.1, -0.05) is 6.92 Å². The minimum Gasteiger partial charge on any atom is -0.345 e. The zero-order valence-electron chi connectivity index (χ0n) is 12.4. The average Bonchev–Trinajstić information content (AvgIpc) is 2.52. The summed E-state index contributed by atoms with van der Waals surface area (Å²) >= 11 is 0. The van der Waals surface area contributed by atoms with Crippen LogP contribution in [0, 0.1) is 0 Å². The molecule has 2 aromatic rings. The highest BCUT2D eigenvalue weighted by Crippen LogP contribution is 2.19. The van der Waals surface area contributed by atoms with Crippen molar-refractivity contribution in [2.75, 3.05) is 6.26 Å². The number of amides is 1. The maximum absolute atomic E-state index is 12.2. The summed E-state index contributed by atoms with van der Waals surface area (Å²) in [6.45, 7) is 1.91. The number of nitrogens with zero attached hydrogens (tertiary/aromatic N) is 2. The fourth-order valence-corrected chi connectivity index (χ4v) is 2.60. The molecule has 0 aliphatic rings. The van der Waals surface area contributed by atoms with Crippen molar-refractivity contribution in [2.24, 2.45) is 0 Å². The van der Waals surface area contributed by atoms with Crippen LogP contribution in [-0.4, -0.2) is 30.5 Å². The smallest absolute Gasteiger partial charge is 0.251 e. The van der Waals surface area contributed by atoms with Gasteiger partial charge in [-0.2, -0.15) is 0 Å². The van der Waals surface area contributed by atoms with Gasteiger partial charge in [-0.05, 0) is 30.2 Å². The van der Waals surface area contributed by atoms with E-state index in [1.165, 1.54) is 6.20 Å². The van der Waals surface area contributed by atoms with Crippen molar-refractivity contribution in [2.45, 2.75) is 24.3 Å². The first-order valence-electron chi connectivity index (χ1n) is 6.77. The van der Waals surface area contributed by atoms with Crippen LogP contribution in [0.4, 0.5) is 0 Å². The molecule has 2 rings (SSSR count). The zero-order valence-corrected chi connectivity index (χ0v) is 13.2. The third-order valence-corrected chi connectivity index (χ3v) is 4.30. The fourth-order valence-electron chi connectivity index (χ4n) is 1.99. The molecule has 0 aliphatic heterocycles. The molecule has 22 heavy (non-hydrogen) atoms. The summed E-state index contributed by atoms with van der Waals surface area (Å²) in [4.78, 5) is 20.2. The molecule has 116 valence electrons. The molecule has 0 fully saturated rings. The molecule has 1 atom stereocenters. The normalized spacial score (nSPS) is 12.6. The molecule has 0 unspecified atom stereocenters. The van der Waals surface area contributed by atoms with E-state index in [0.717, 1.165) is 6.26 Å². The van der Waals surface area contributed by atoms with Gasteiger partial charge in [0.25, 0.3) is 5.91 Å². The lowest BCUT2D eigenvalue weighted by molar-refractivity contribution is 0.0935. The maximum Gasteiger partial charge on any atom is 0.251 e. The molecule has 0 aliphatic carbocycles. The quantitative estimate of drug-likeness (QED) is 0.907. The third kappa shape index (κ3) is 3.88. The second-order valence-corrected chi connectivity index (χ2v) is 6.91. The van der Waals surface area contributed by atoms with Crippen LogP contribution in [0.2, 0.25) is 0 Å². The number of hydrogen-bond donors (Lipinski definition) is 1. The van der Waals surface area contributed by atoms with E-state index >= 15 is 0 Å². The van der Waals surface area contributed by atoms with Gasteiger partial charge >= 0.3 is 0 Å². The molecule has 0 spiro atoms. The highest BCUT2D eigenvalue weighted by molar-refractivity contribution is 7.90. The minimum atomic E-state index is -3.33. The van der Waals surface area contributed by atoms with E-state index in [1.807, 2.05) is 6.92 Å². The van der Waals surface area contributed by atoms with Gasteiger partial charge < -0.3 is 5.32 Å². The van der Waals surface area contributed by atoms with Crippen LogP contribution >= 0.6 is 0 Å². The van der Waals surface area contributed by atoms with Crippen molar-refractivity contribution in [3.63, 3.8) is 0 Å². The molecule has 0 saturated carbocycles. The second kappa shape index (κ2) is 6.65. The Hall–Kier alpha value is -2.28. The highest BCUT2D eigenvalue weighted by Gasteiger charge is 2.17. The lowest BCUT2D eigenvalue weighted by Crippen LogP contribution is -2.28. The van der Waals surface area contributed by atoms with Crippen LogP contribution in [0.3, 0.4) is 0 Å². The van der Waals surface area contributed by atoms with Crippen LogP contribution in [0.25, 0.3) is 0 Å². The van der Waals surface area contributed by atoms with Gasteiger partial charge in [0, 0.05) is 36.6 Å². The Balaban J connectivity index is 2.24. The summed E-state index contributed by atoms with van der Waals surface area (Å²) < 4.78 is 23.2. The number of hydrogen-bond acceptors (Lipinski definition) is 5. The monoisotopic (exact) mass is 319 g/mol. The Morgan fingerprint density at radius 3 is 2.50 bits per heavy atom. The number of sulfone groups is 1. The fraction of sp³-hybridized carbons (Fsp3) is 0.267. The topological polar surface area (TPSA) is 89.0 Å². The van der Waals surface area contributed by atoms with Crippen molar-refractivity contribution >= 4 is 15.7 Å². The molecule has 2 heterocycles. The van der Waals surface area contributed by atoms with Crippen LogP contribution in [0.15, 0.2) is 47.9 Å². The Bertz CT molecular complexity index is 761. The van der Waals surface area contributed by atoms with Gasteiger partial charge in [0.1, 0.15) is 0 Å². The number of rotatable bonds is 5. The summed E-state index contributed by atoms with van der Waals surface area (Å²) in [5.74, 6) is -0.237. The molecule has 1 N–H and O–H groups in total. The van der Waals surface area contributed by atoms with Gasteiger partial charge in [0.2, 0.25) is 0 Å². The zero-order chi connectivity index (χ0) is 16.2. The number of carbonyl (C=O) groups excluding carboxylic acids is 1. The molecule has 0 saturated heterocycles. The SMILES string of the molecule is CC[C@H](NC(=O)c1ccncc1)c1cncc(S(C)(=O)=O)c1. The first-order valence-corrected chi connectivity index (χ1v) is 8.67. The summed E-state index contributed by atoms with van der Waals surface area (Å²) in [7, 11) is -3.33. The van der Waals surface area contributed by atoms with Gasteiger partial charge in [-0.25, -0.2) is 8.42 Å². The number of nitrogens with one attached hydrogen (secondary N) is 1. The van der Waals surface area contributed by atoms with E-state index in [9.17, 15) is 13.2 Å². The molecule has 6 nitrogen and oxygen atoms in total. The molecule has 1 amide bonds. The Kier molecular flexibility index (Phi) is 4.87. The summed E-state index contributed by atoms with van der Waals surface area (Å²) in [6.07, 6.45) is 7.70. The van der Waals surface area contributed by atoms with E-state index in [-0.39, 0.29) is 16.8 Å². The minimum absolute atomic E-state index is 0.140. The molecule has 0 aromatic carbocycles. The molecular weight excluding hydrogens is 302 g/mol. The average molecular weight is 319 g/mol. The van der Waals surface area contributed by atoms with Crippen molar-refractivity contribution in [1.29, 1.82) is 0 Å². The summed E-state index contributed by atoms with van der Waals surface area (Å²) in [5.41, 5.74) is 1.16. The predicted molar refractivity (Wildman–Crippen MR) is 82.1 cm³/mol. The number of aromatic nitrogens is 2. The molecule has 7 heteroatoms. The summed E-state index contributed by atoms with van der Waals surface area (Å²) in [6, 6.07) is 4.47. The van der Waals surface area contributed by atoms with Crippen LogP contribution in [0.5, 0.6) is 0 Å². The number of pyridine rings is 2. The molecule has 0 radical (unpaired) electrons. The maximum atomic E-state index is 12.2. The predicted octanol–water partition coefficient (Wildman–Crippen LogP) is 1.76. The van der Waals surface area contributed by atoms with Crippen molar-refractivity contribution in [3.8, 4) is 0 Å². The molecule has 2 aromatic heterocycles. The second-order valence-electron chi connectivity index (χ2n) is 4.90. The van der Waals surface area contributed by atoms with Crippen molar-refractivity contribution < 1.29 is 13.2 Å². The molecular formula is C15H17N3O3S. The Morgan fingerprint density at radius 2 is 1.91 bits per heavy atom. The summed E-state index contributed by atoms with van der Waals surface area (Å²) in [5, 5.41) is 2.88. The van der Waals surface area contributed by atoms with Gasteiger partial charge in [0.15, 0.2) is 9.84 Å². The van der Waals surface area contributed by atoms with E-state index in [1.54, 1.807) is 36.8 Å². The Labute approximate surface area is 129 Å². The van der Waals surface area contributed by atoms with Gasteiger partial charge in [-0.3, -0.25) is 14.8 Å². The van der Waals surface area contributed by atoms with E-state index in [0.29, 0.717) is 17.5 Å². The standard InChI is InChI=1S/C15H17N3O3S/c1-3-14(18-15(19)11-4-6-16-7-5-11)12-8-13(10-17-9-12)22(2,20)21/h4-10,14H,3H2,1-2H3,(H,18,19)/t14-/m0/s1. The van der Waals surface area contributed by atoms with Crippen LogP contribution < -0.4 is 5.32 Å². The van der Waals surface area contributed by atoms with Gasteiger partial charge in [0.05, 0.1) is 10.9 Å². The van der Waals surface area contributed by atoms with E-state index < -0.39 is 9.84 Å². The lowest BCUT2D eigenvalue weighted by Gasteiger charge is -2.17. The lowest BCUT2D eigenvalue weighted by atomic mass is 10.1. The molecule has 0 bridgehead atoms. The Morgan fingerprint density at radius 1 is 1.23 bits per heavy atom. The van der Waals surface area contributed by atoms with Crippen molar-refractivity contribution in [1.82, 2.24) is 15.3 Å². The highest BCUT2D eigenvalue weighted by atomic mass is 32.2. The van der Waals surface area contributed by atoms with Crippen molar-refractivity contribution in [3.05, 3.63) is 54.1 Å². The van der Waals surface area contributed by atoms with Gasteiger partial charge in [-0.15, -0.1) is 0 Å².